The molecule has 5 rings (SSSR count). The zero-order chi connectivity index (χ0) is 22.3. The number of hydrogen-bond acceptors (Lipinski definition) is 7. The molecule has 1 amide bonds. The molecule has 3 aliphatic rings. The van der Waals surface area contributed by atoms with Gasteiger partial charge in [-0.3, -0.25) is 4.79 Å². The molecule has 2 aromatic rings. The van der Waals surface area contributed by atoms with Crippen LogP contribution >= 0.6 is 22.9 Å². The predicted octanol–water partition coefficient (Wildman–Crippen LogP) is 3.88. The molecule has 168 valence electrons. The number of aromatic nitrogens is 3. The lowest BCUT2D eigenvalue weighted by molar-refractivity contribution is -0.00177. The van der Waals surface area contributed by atoms with E-state index in [9.17, 15) is 14.3 Å². The fourth-order valence-electron chi connectivity index (χ4n) is 4.63. The minimum atomic E-state index is -1.59. The van der Waals surface area contributed by atoms with Gasteiger partial charge in [0.25, 0.3) is 5.91 Å². The Morgan fingerprint density at radius 2 is 2.00 bits per heavy atom. The van der Waals surface area contributed by atoms with Gasteiger partial charge in [-0.1, -0.05) is 11.6 Å². The van der Waals surface area contributed by atoms with E-state index in [1.54, 1.807) is 22.9 Å². The molecule has 3 aliphatic carbocycles. The second-order valence-corrected chi connectivity index (χ2v) is 10.5. The van der Waals surface area contributed by atoms with Gasteiger partial charge in [-0.25, -0.2) is 9.37 Å². The van der Waals surface area contributed by atoms with Crippen molar-refractivity contribution in [3.05, 3.63) is 33.5 Å². The highest BCUT2D eigenvalue weighted by Gasteiger charge is 2.51. The summed E-state index contributed by atoms with van der Waals surface area (Å²) in [6.45, 7) is 2.45. The highest BCUT2D eigenvalue weighted by atomic mass is 35.5. The van der Waals surface area contributed by atoms with Crippen LogP contribution < -0.4 is 10.6 Å². The molecule has 2 heterocycles. The van der Waals surface area contributed by atoms with Crippen molar-refractivity contribution in [1.82, 2.24) is 20.5 Å². The maximum absolute atomic E-state index is 14.1. The van der Waals surface area contributed by atoms with Crippen LogP contribution in [-0.2, 0) is 5.41 Å². The topological polar surface area (TPSA) is 100 Å². The number of anilines is 1. The quantitative estimate of drug-likeness (QED) is 0.534. The SMILES string of the molecule is CC(C)(O)[C@H](F)CNC(=O)c1cnc(Cl)cc1NC12CCC(c3nncs3)(CC1)CC2. The van der Waals surface area contributed by atoms with Crippen molar-refractivity contribution >= 4 is 34.5 Å². The summed E-state index contributed by atoms with van der Waals surface area (Å²) in [5, 5.41) is 25.7. The van der Waals surface area contributed by atoms with E-state index in [0.717, 1.165) is 43.5 Å². The van der Waals surface area contributed by atoms with Crippen molar-refractivity contribution in [2.24, 2.45) is 0 Å². The number of halogens is 2. The first-order valence-corrected chi connectivity index (χ1v) is 11.7. The average molecular weight is 468 g/mol. The van der Waals surface area contributed by atoms with Crippen LogP contribution in [-0.4, -0.2) is 50.1 Å². The van der Waals surface area contributed by atoms with Crippen molar-refractivity contribution < 1.29 is 14.3 Å². The number of carbonyl (C=O) groups excluding carboxylic acids is 1. The fraction of sp³-hybridized carbons (Fsp3) is 0.619. The van der Waals surface area contributed by atoms with Crippen molar-refractivity contribution in [1.29, 1.82) is 0 Å². The van der Waals surface area contributed by atoms with E-state index >= 15 is 0 Å². The van der Waals surface area contributed by atoms with Crippen molar-refractivity contribution in [3.8, 4) is 0 Å². The summed E-state index contributed by atoms with van der Waals surface area (Å²) in [6.07, 6.45) is 5.75. The van der Waals surface area contributed by atoms with Gasteiger partial charge in [-0.05, 0) is 58.4 Å². The van der Waals surface area contributed by atoms with Gasteiger partial charge in [0.15, 0.2) is 0 Å². The van der Waals surface area contributed by atoms with E-state index in [4.69, 9.17) is 11.6 Å². The van der Waals surface area contributed by atoms with Crippen molar-refractivity contribution in [3.63, 3.8) is 0 Å². The predicted molar refractivity (Wildman–Crippen MR) is 118 cm³/mol. The third-order valence-electron chi connectivity index (χ3n) is 6.78. The molecule has 3 N–H and O–H groups in total. The van der Waals surface area contributed by atoms with Gasteiger partial charge in [0.1, 0.15) is 21.8 Å². The zero-order valence-corrected chi connectivity index (χ0v) is 19.2. The Morgan fingerprint density at radius 1 is 1.32 bits per heavy atom. The summed E-state index contributed by atoms with van der Waals surface area (Å²) in [4.78, 5) is 16.8. The van der Waals surface area contributed by atoms with Crippen LogP contribution in [0.2, 0.25) is 5.15 Å². The smallest absolute Gasteiger partial charge is 0.255 e. The minimum Gasteiger partial charge on any atom is -0.387 e. The van der Waals surface area contributed by atoms with E-state index in [1.807, 2.05) is 0 Å². The van der Waals surface area contributed by atoms with Gasteiger partial charge in [-0.2, -0.15) is 0 Å². The molecule has 10 heteroatoms. The maximum atomic E-state index is 14.1. The summed E-state index contributed by atoms with van der Waals surface area (Å²) in [7, 11) is 0. The number of nitrogens with zero attached hydrogens (tertiary/aromatic N) is 3. The van der Waals surface area contributed by atoms with Crippen LogP contribution in [0, 0.1) is 0 Å². The summed E-state index contributed by atoms with van der Waals surface area (Å²) in [5.74, 6) is -0.454. The molecule has 31 heavy (non-hydrogen) atoms. The summed E-state index contributed by atoms with van der Waals surface area (Å²) in [6, 6.07) is 1.65. The van der Waals surface area contributed by atoms with E-state index < -0.39 is 17.7 Å². The Morgan fingerprint density at radius 3 is 2.58 bits per heavy atom. The molecule has 3 fully saturated rings. The lowest BCUT2D eigenvalue weighted by atomic mass is 9.57. The number of carbonyl (C=O) groups is 1. The molecule has 0 aromatic carbocycles. The number of aliphatic hydroxyl groups is 1. The normalized spacial score (nSPS) is 26.5. The van der Waals surface area contributed by atoms with Crippen LogP contribution in [0.3, 0.4) is 0 Å². The first kappa shape index (κ1) is 22.4. The van der Waals surface area contributed by atoms with Gasteiger partial charge in [0.2, 0.25) is 0 Å². The first-order valence-electron chi connectivity index (χ1n) is 10.5. The zero-order valence-electron chi connectivity index (χ0n) is 17.6. The van der Waals surface area contributed by atoms with Crippen LogP contribution in [0.5, 0.6) is 0 Å². The molecule has 0 spiro atoms. The Balaban J connectivity index is 1.48. The molecular weight excluding hydrogens is 441 g/mol. The molecule has 2 bridgehead atoms. The van der Waals surface area contributed by atoms with Gasteiger partial charge in [0.05, 0.1) is 23.4 Å². The van der Waals surface area contributed by atoms with E-state index in [1.165, 1.54) is 20.0 Å². The largest absolute Gasteiger partial charge is 0.387 e. The Hall–Kier alpha value is -1.84. The highest BCUT2D eigenvalue weighted by molar-refractivity contribution is 7.09. The number of hydrogen-bond donors (Lipinski definition) is 3. The lowest BCUT2D eigenvalue weighted by Gasteiger charge is -2.53. The first-order chi connectivity index (χ1) is 14.6. The second-order valence-electron chi connectivity index (χ2n) is 9.31. The van der Waals surface area contributed by atoms with Crippen LogP contribution in [0.15, 0.2) is 17.8 Å². The number of amides is 1. The third-order valence-corrected chi connectivity index (χ3v) is 7.93. The van der Waals surface area contributed by atoms with Crippen LogP contribution in [0.4, 0.5) is 10.1 Å². The van der Waals surface area contributed by atoms with Crippen LogP contribution in [0.1, 0.15) is 67.7 Å². The number of nitrogens with one attached hydrogen (secondary N) is 2. The van der Waals surface area contributed by atoms with E-state index in [0.29, 0.717) is 11.3 Å². The third kappa shape index (κ3) is 4.54. The molecule has 0 saturated heterocycles. The second kappa shape index (κ2) is 8.26. The van der Waals surface area contributed by atoms with E-state index in [-0.39, 0.29) is 22.7 Å². The number of alkyl halides is 1. The fourth-order valence-corrected chi connectivity index (χ4v) is 5.63. The average Bonchev–Trinajstić information content (AvgIpc) is 3.28. The monoisotopic (exact) mass is 467 g/mol. The molecule has 0 aliphatic heterocycles. The Labute approximate surface area is 189 Å². The number of rotatable bonds is 7. The molecule has 2 aromatic heterocycles. The van der Waals surface area contributed by atoms with Gasteiger partial charge >= 0.3 is 0 Å². The highest BCUT2D eigenvalue weighted by Crippen LogP contribution is 2.55. The minimum absolute atomic E-state index is 0.119. The summed E-state index contributed by atoms with van der Waals surface area (Å²) < 4.78 is 14.1. The van der Waals surface area contributed by atoms with Crippen molar-refractivity contribution in [2.75, 3.05) is 11.9 Å². The standard InChI is InChI=1S/C21H27ClFN5O2S/c1-19(2,30)15(23)11-25-17(29)13-10-24-16(22)9-14(13)27-21-6-3-20(4-7-21,5-8-21)18-28-26-12-31-18/h9-10,12,15,30H,3-8,11H2,1-2H3,(H,24,27)(H,25,29)/t15-,20?,21?/m1/s1. The number of fused-ring (bicyclic) bond motifs is 3. The molecule has 3 saturated carbocycles. The molecule has 0 radical (unpaired) electrons. The lowest BCUT2D eigenvalue weighted by Crippen LogP contribution is -2.52. The van der Waals surface area contributed by atoms with E-state index in [2.05, 4.69) is 25.8 Å². The Kier molecular flexibility index (Phi) is 5.95. The van der Waals surface area contributed by atoms with Crippen molar-refractivity contribution in [2.45, 2.75) is 75.1 Å². The van der Waals surface area contributed by atoms with Gasteiger partial charge in [0, 0.05) is 17.2 Å². The van der Waals surface area contributed by atoms with Gasteiger partial charge < -0.3 is 15.7 Å². The van der Waals surface area contributed by atoms with Crippen LogP contribution in [0.25, 0.3) is 0 Å². The molecule has 1 atom stereocenters. The summed E-state index contributed by atoms with van der Waals surface area (Å²) >= 11 is 7.75. The maximum Gasteiger partial charge on any atom is 0.255 e. The molecule has 0 unspecified atom stereocenters. The number of pyridine rings is 1. The van der Waals surface area contributed by atoms with Gasteiger partial charge in [-0.15, -0.1) is 21.5 Å². The Bertz CT molecular complexity index is 925. The molecular formula is C21H27ClFN5O2S. The molecule has 7 nitrogen and oxygen atoms in total. The summed E-state index contributed by atoms with van der Waals surface area (Å²) in [5.41, 5.74) is 1.17.